The average Bonchev–Trinajstić information content (AvgIpc) is 3.17. The largest absolute Gasteiger partial charge is 0.422 e. The molecule has 7 nitrogen and oxygen atoms in total. The van der Waals surface area contributed by atoms with Gasteiger partial charge >= 0.3 is 5.63 Å². The highest BCUT2D eigenvalue weighted by atomic mass is 16.4. The Morgan fingerprint density at radius 3 is 2.69 bits per heavy atom. The Hall–Kier alpha value is -3.48. The molecule has 0 atom stereocenters. The van der Waals surface area contributed by atoms with Gasteiger partial charge in [-0.25, -0.2) is 4.79 Å². The molecule has 0 unspecified atom stereocenters. The molecule has 0 saturated carbocycles. The van der Waals surface area contributed by atoms with E-state index in [1.807, 2.05) is 25.2 Å². The van der Waals surface area contributed by atoms with Gasteiger partial charge in [-0.1, -0.05) is 0 Å². The van der Waals surface area contributed by atoms with Gasteiger partial charge in [0.15, 0.2) is 0 Å². The fraction of sp³-hybridized carbons (Fsp3) is 0.158. The Balaban J connectivity index is 1.77. The number of nitrogens with zero attached hydrogens (tertiary/aromatic N) is 4. The van der Waals surface area contributed by atoms with E-state index >= 15 is 0 Å². The standard InChI is InChI=1S/C19H16N4O3/c1-3-23(2)14-7-6-12-9-15(19(24)25-16(12)10-14)18-22-21-17(26-18)13-5-4-8-20-11-13/h4-11H,3H2,1-2H3. The van der Waals surface area contributed by atoms with Gasteiger partial charge in [-0.2, -0.15) is 0 Å². The molecule has 0 aliphatic heterocycles. The van der Waals surface area contributed by atoms with Gasteiger partial charge in [0.2, 0.25) is 5.89 Å². The summed E-state index contributed by atoms with van der Waals surface area (Å²) < 4.78 is 11.1. The van der Waals surface area contributed by atoms with Crippen LogP contribution in [0.25, 0.3) is 33.9 Å². The predicted octanol–water partition coefficient (Wildman–Crippen LogP) is 3.36. The van der Waals surface area contributed by atoms with Crippen LogP contribution in [-0.2, 0) is 0 Å². The lowest BCUT2D eigenvalue weighted by Crippen LogP contribution is -2.15. The molecule has 0 saturated heterocycles. The third-order valence-electron chi connectivity index (χ3n) is 4.20. The Kier molecular flexibility index (Phi) is 3.96. The predicted molar refractivity (Wildman–Crippen MR) is 98.0 cm³/mol. The van der Waals surface area contributed by atoms with Gasteiger partial charge in [0.05, 0.1) is 5.56 Å². The lowest BCUT2D eigenvalue weighted by Gasteiger charge is -2.16. The van der Waals surface area contributed by atoms with Gasteiger partial charge in [-0.05, 0) is 37.3 Å². The lowest BCUT2D eigenvalue weighted by atomic mass is 10.1. The van der Waals surface area contributed by atoms with Crippen LogP contribution in [0.15, 0.2) is 62.4 Å². The van der Waals surface area contributed by atoms with Crippen molar-refractivity contribution in [1.29, 1.82) is 0 Å². The topological polar surface area (TPSA) is 85.3 Å². The summed E-state index contributed by atoms with van der Waals surface area (Å²) in [6.07, 6.45) is 3.27. The van der Waals surface area contributed by atoms with E-state index in [0.717, 1.165) is 17.6 Å². The molecule has 0 N–H and O–H groups in total. The van der Waals surface area contributed by atoms with E-state index in [1.165, 1.54) is 0 Å². The second-order valence-corrected chi connectivity index (χ2v) is 5.84. The van der Waals surface area contributed by atoms with Crippen LogP contribution in [0.4, 0.5) is 5.69 Å². The molecule has 0 aliphatic carbocycles. The van der Waals surface area contributed by atoms with Crippen LogP contribution >= 0.6 is 0 Å². The number of aromatic nitrogens is 3. The van der Waals surface area contributed by atoms with Crippen molar-refractivity contribution in [2.75, 3.05) is 18.5 Å². The highest BCUT2D eigenvalue weighted by molar-refractivity contribution is 5.83. The number of rotatable bonds is 4. The quantitative estimate of drug-likeness (QED) is 0.523. The summed E-state index contributed by atoms with van der Waals surface area (Å²) in [6.45, 7) is 2.91. The van der Waals surface area contributed by atoms with Gasteiger partial charge in [-0.3, -0.25) is 4.98 Å². The number of pyridine rings is 1. The highest BCUT2D eigenvalue weighted by Crippen LogP contribution is 2.26. The lowest BCUT2D eigenvalue weighted by molar-refractivity contribution is 0.547. The average molecular weight is 348 g/mol. The van der Waals surface area contributed by atoms with Crippen molar-refractivity contribution in [3.05, 3.63) is 59.2 Å². The zero-order valence-corrected chi connectivity index (χ0v) is 14.3. The van der Waals surface area contributed by atoms with Crippen LogP contribution in [0.2, 0.25) is 0 Å². The zero-order valence-electron chi connectivity index (χ0n) is 14.3. The van der Waals surface area contributed by atoms with Crippen LogP contribution in [0, 0.1) is 0 Å². The first-order chi connectivity index (χ1) is 12.7. The molecule has 4 rings (SSSR count). The summed E-state index contributed by atoms with van der Waals surface area (Å²) in [5.74, 6) is 0.418. The molecule has 26 heavy (non-hydrogen) atoms. The Morgan fingerprint density at radius 1 is 1.08 bits per heavy atom. The fourth-order valence-electron chi connectivity index (χ4n) is 2.61. The Bertz CT molecular complexity index is 1120. The van der Waals surface area contributed by atoms with Crippen molar-refractivity contribution in [2.45, 2.75) is 6.92 Å². The van der Waals surface area contributed by atoms with Crippen LogP contribution in [-0.4, -0.2) is 28.8 Å². The summed E-state index contributed by atoms with van der Waals surface area (Å²) >= 11 is 0. The molecule has 3 heterocycles. The third-order valence-corrected chi connectivity index (χ3v) is 4.20. The second-order valence-electron chi connectivity index (χ2n) is 5.84. The fourth-order valence-corrected chi connectivity index (χ4v) is 2.61. The number of hydrogen-bond donors (Lipinski definition) is 0. The van der Waals surface area contributed by atoms with Crippen LogP contribution in [0.1, 0.15) is 6.92 Å². The Morgan fingerprint density at radius 2 is 1.92 bits per heavy atom. The smallest absolute Gasteiger partial charge is 0.349 e. The van der Waals surface area contributed by atoms with E-state index in [4.69, 9.17) is 8.83 Å². The highest BCUT2D eigenvalue weighted by Gasteiger charge is 2.16. The molecule has 0 fully saturated rings. The molecule has 0 amide bonds. The van der Waals surface area contributed by atoms with Gasteiger partial charge in [0, 0.05) is 43.1 Å². The normalized spacial score (nSPS) is 11.0. The minimum atomic E-state index is -0.518. The number of fused-ring (bicyclic) bond motifs is 1. The van der Waals surface area contributed by atoms with E-state index in [9.17, 15) is 4.79 Å². The van der Waals surface area contributed by atoms with Crippen LogP contribution in [0.5, 0.6) is 0 Å². The molecule has 3 aromatic heterocycles. The maximum absolute atomic E-state index is 12.4. The minimum Gasteiger partial charge on any atom is -0.422 e. The maximum atomic E-state index is 12.4. The molecular formula is C19H16N4O3. The zero-order chi connectivity index (χ0) is 18.1. The van der Waals surface area contributed by atoms with Crippen molar-refractivity contribution >= 4 is 16.7 Å². The molecule has 130 valence electrons. The summed E-state index contributed by atoms with van der Waals surface area (Å²) in [7, 11) is 1.98. The van der Waals surface area contributed by atoms with Crippen molar-refractivity contribution in [1.82, 2.24) is 15.2 Å². The van der Waals surface area contributed by atoms with E-state index in [1.54, 1.807) is 30.6 Å². The van der Waals surface area contributed by atoms with Crippen molar-refractivity contribution in [2.24, 2.45) is 0 Å². The van der Waals surface area contributed by atoms with Gasteiger partial charge in [0.1, 0.15) is 11.1 Å². The summed E-state index contributed by atoms with van der Waals surface area (Å²) in [4.78, 5) is 18.5. The molecule has 0 radical (unpaired) electrons. The third kappa shape index (κ3) is 2.83. The van der Waals surface area contributed by atoms with E-state index in [0.29, 0.717) is 17.0 Å². The van der Waals surface area contributed by atoms with Crippen LogP contribution in [0.3, 0.4) is 0 Å². The van der Waals surface area contributed by atoms with E-state index in [-0.39, 0.29) is 11.5 Å². The van der Waals surface area contributed by atoms with Gasteiger partial charge in [-0.15, -0.1) is 10.2 Å². The summed E-state index contributed by atoms with van der Waals surface area (Å²) in [5, 5.41) is 8.75. The van der Waals surface area contributed by atoms with Gasteiger partial charge < -0.3 is 13.7 Å². The van der Waals surface area contributed by atoms with Crippen molar-refractivity contribution < 1.29 is 8.83 Å². The Labute approximate surface area is 148 Å². The number of benzene rings is 1. The molecule has 0 aliphatic rings. The van der Waals surface area contributed by atoms with E-state index in [2.05, 4.69) is 27.0 Å². The summed E-state index contributed by atoms with van der Waals surface area (Å²) in [5.41, 5.74) is 1.90. The van der Waals surface area contributed by atoms with E-state index < -0.39 is 5.63 Å². The molecule has 0 spiro atoms. The first-order valence-electron chi connectivity index (χ1n) is 8.19. The molecule has 0 bridgehead atoms. The molecule has 4 aromatic rings. The second kappa shape index (κ2) is 6.44. The van der Waals surface area contributed by atoms with Gasteiger partial charge in [0.25, 0.3) is 5.89 Å². The van der Waals surface area contributed by atoms with Crippen molar-refractivity contribution in [3.63, 3.8) is 0 Å². The minimum absolute atomic E-state index is 0.120. The maximum Gasteiger partial charge on any atom is 0.349 e. The van der Waals surface area contributed by atoms with Crippen molar-refractivity contribution in [3.8, 4) is 22.9 Å². The SMILES string of the molecule is CCN(C)c1ccc2cc(-c3nnc(-c4cccnc4)o3)c(=O)oc2c1. The number of anilines is 1. The molecular weight excluding hydrogens is 332 g/mol. The first kappa shape index (κ1) is 16.0. The molecule has 1 aromatic carbocycles. The summed E-state index contributed by atoms with van der Waals surface area (Å²) in [6, 6.07) is 11.0. The van der Waals surface area contributed by atoms with Crippen LogP contribution < -0.4 is 10.5 Å². The number of hydrogen-bond acceptors (Lipinski definition) is 7. The monoisotopic (exact) mass is 348 g/mol. The molecule has 7 heteroatoms. The first-order valence-corrected chi connectivity index (χ1v) is 8.19.